The molecule has 2 amide bonds. The van der Waals surface area contributed by atoms with E-state index < -0.39 is 5.41 Å². The van der Waals surface area contributed by atoms with E-state index >= 15 is 0 Å². The first-order valence-corrected chi connectivity index (χ1v) is 11.7. The van der Waals surface area contributed by atoms with Gasteiger partial charge in [0.15, 0.2) is 0 Å². The first kappa shape index (κ1) is 20.7. The zero-order chi connectivity index (χ0) is 21.1. The van der Waals surface area contributed by atoms with Crippen LogP contribution < -0.4 is 5.32 Å². The number of aromatic nitrogens is 2. The zero-order valence-corrected chi connectivity index (χ0v) is 18.7. The summed E-state index contributed by atoms with van der Waals surface area (Å²) in [5.74, 6) is -0.0843. The maximum Gasteiger partial charge on any atom is 0.267 e. The van der Waals surface area contributed by atoms with Crippen LogP contribution in [0.1, 0.15) is 34.3 Å². The zero-order valence-electron chi connectivity index (χ0n) is 17.1. The number of nitrogens with one attached hydrogen (secondary N) is 1. The molecule has 1 saturated heterocycles. The summed E-state index contributed by atoms with van der Waals surface area (Å²) in [6.07, 6.45) is 1.91. The lowest BCUT2D eigenvalue weighted by Crippen LogP contribution is -2.44. The number of benzene rings is 1. The summed E-state index contributed by atoms with van der Waals surface area (Å²) in [6.45, 7) is 2.92. The van der Waals surface area contributed by atoms with Gasteiger partial charge in [0.1, 0.15) is 4.88 Å². The number of aryl methyl sites for hydroxylation is 1. The Morgan fingerprint density at radius 3 is 2.70 bits per heavy atom. The lowest BCUT2D eigenvalue weighted by Gasteiger charge is -2.27. The Hall–Kier alpha value is -2.58. The second-order valence-corrected chi connectivity index (χ2v) is 9.29. The summed E-state index contributed by atoms with van der Waals surface area (Å²) in [7, 11) is 1.66. The van der Waals surface area contributed by atoms with Crippen LogP contribution in [-0.4, -0.2) is 46.4 Å². The summed E-state index contributed by atoms with van der Waals surface area (Å²) in [5, 5.41) is 8.94. The van der Waals surface area contributed by atoms with Crippen LogP contribution in [0.15, 0.2) is 41.8 Å². The molecule has 1 atom stereocenters. The van der Waals surface area contributed by atoms with Crippen molar-refractivity contribution in [3.05, 3.63) is 57.9 Å². The molecule has 0 spiro atoms. The second-order valence-electron chi connectivity index (χ2n) is 7.59. The van der Waals surface area contributed by atoms with Crippen molar-refractivity contribution >= 4 is 34.7 Å². The molecule has 156 valence electrons. The molecule has 0 radical (unpaired) electrons. The van der Waals surface area contributed by atoms with Crippen LogP contribution in [0.5, 0.6) is 0 Å². The summed E-state index contributed by atoms with van der Waals surface area (Å²) in [5.41, 5.74) is 2.38. The predicted octanol–water partition coefficient (Wildman–Crippen LogP) is 3.65. The first-order chi connectivity index (χ1) is 14.6. The van der Waals surface area contributed by atoms with Gasteiger partial charge in [-0.1, -0.05) is 41.7 Å². The monoisotopic (exact) mass is 440 g/mol. The topological polar surface area (TPSA) is 75.2 Å². The Morgan fingerprint density at radius 1 is 1.23 bits per heavy atom. The third kappa shape index (κ3) is 3.89. The van der Waals surface area contributed by atoms with Crippen molar-refractivity contribution in [3.8, 4) is 10.4 Å². The Morgan fingerprint density at radius 2 is 2.03 bits per heavy atom. The molecule has 30 heavy (non-hydrogen) atoms. The van der Waals surface area contributed by atoms with Gasteiger partial charge in [0.25, 0.3) is 5.91 Å². The highest BCUT2D eigenvalue weighted by Gasteiger charge is 2.46. The molecule has 8 heteroatoms. The maximum atomic E-state index is 13.0. The van der Waals surface area contributed by atoms with Gasteiger partial charge in [-0.05, 0) is 53.4 Å². The van der Waals surface area contributed by atoms with E-state index in [2.05, 4.69) is 50.6 Å². The summed E-state index contributed by atoms with van der Waals surface area (Å²) in [4.78, 5) is 29.5. The molecule has 0 unspecified atom stereocenters. The summed E-state index contributed by atoms with van der Waals surface area (Å²) in [6, 6.07) is 12.5. The van der Waals surface area contributed by atoms with Crippen LogP contribution in [0, 0.1) is 5.41 Å². The highest BCUT2D eigenvalue weighted by molar-refractivity contribution is 7.13. The molecule has 4 rings (SSSR count). The van der Waals surface area contributed by atoms with Crippen LogP contribution in [0.3, 0.4) is 0 Å². The van der Waals surface area contributed by atoms with E-state index in [-0.39, 0.29) is 11.8 Å². The van der Waals surface area contributed by atoms with Crippen molar-refractivity contribution < 1.29 is 9.59 Å². The van der Waals surface area contributed by atoms with E-state index in [0.29, 0.717) is 37.2 Å². The molecule has 0 aliphatic carbocycles. The second kappa shape index (κ2) is 8.65. The molecule has 1 N–H and O–H groups in total. The SMILES string of the molecule is CCc1nnsc1C(=O)N1CC[C@](Cc2ccc(-c3cccs3)cc2)(C(=O)NC)C1. The van der Waals surface area contributed by atoms with Crippen LogP contribution in [0.25, 0.3) is 10.4 Å². The molecule has 6 nitrogen and oxygen atoms in total. The van der Waals surface area contributed by atoms with Gasteiger partial charge in [-0.2, -0.15) is 0 Å². The van der Waals surface area contributed by atoms with E-state index in [0.717, 1.165) is 22.8 Å². The van der Waals surface area contributed by atoms with E-state index in [1.807, 2.05) is 13.0 Å². The molecule has 1 aliphatic rings. The number of nitrogens with zero attached hydrogens (tertiary/aromatic N) is 3. The van der Waals surface area contributed by atoms with E-state index in [9.17, 15) is 9.59 Å². The highest BCUT2D eigenvalue weighted by atomic mass is 32.1. The van der Waals surface area contributed by atoms with Crippen LogP contribution in [0.4, 0.5) is 0 Å². The molecule has 1 fully saturated rings. The normalized spacial score (nSPS) is 18.5. The summed E-state index contributed by atoms with van der Waals surface area (Å²) >= 11 is 2.85. The minimum Gasteiger partial charge on any atom is -0.359 e. The number of rotatable bonds is 6. The Kier molecular flexibility index (Phi) is 5.97. The molecule has 0 saturated carbocycles. The van der Waals surface area contributed by atoms with E-state index in [1.54, 1.807) is 23.3 Å². The number of hydrogen-bond donors (Lipinski definition) is 1. The molecule has 3 heterocycles. The minimum absolute atomic E-state index is 0.0155. The predicted molar refractivity (Wildman–Crippen MR) is 120 cm³/mol. The van der Waals surface area contributed by atoms with Gasteiger partial charge in [0, 0.05) is 25.0 Å². The van der Waals surface area contributed by atoms with Gasteiger partial charge in [0.05, 0.1) is 11.1 Å². The van der Waals surface area contributed by atoms with Crippen LogP contribution >= 0.6 is 22.9 Å². The average molecular weight is 441 g/mol. The molecule has 1 aromatic carbocycles. The van der Waals surface area contributed by atoms with E-state index in [4.69, 9.17) is 0 Å². The lowest BCUT2D eigenvalue weighted by molar-refractivity contribution is -0.129. The standard InChI is InChI=1S/C22H24N4O2S2/c1-3-17-19(30-25-24-17)20(27)26-11-10-22(14-26,21(28)23-2)13-15-6-8-16(9-7-15)18-5-4-12-29-18/h4-9,12H,3,10-11,13-14H2,1-2H3,(H,23,28)/t22-/m1/s1. The fourth-order valence-electron chi connectivity index (χ4n) is 4.09. The third-order valence-electron chi connectivity index (χ3n) is 5.74. The number of amides is 2. The van der Waals surface area contributed by atoms with Crippen molar-refractivity contribution in [2.75, 3.05) is 20.1 Å². The summed E-state index contributed by atoms with van der Waals surface area (Å²) < 4.78 is 3.94. The van der Waals surface area contributed by atoms with Crippen molar-refractivity contribution in [1.82, 2.24) is 19.8 Å². The van der Waals surface area contributed by atoms with Crippen molar-refractivity contribution in [1.29, 1.82) is 0 Å². The minimum atomic E-state index is -0.626. The molecule has 2 aromatic heterocycles. The van der Waals surface area contributed by atoms with Crippen molar-refractivity contribution in [2.45, 2.75) is 26.2 Å². The molecule has 1 aliphatic heterocycles. The van der Waals surface area contributed by atoms with Gasteiger partial charge in [-0.15, -0.1) is 16.4 Å². The van der Waals surface area contributed by atoms with Gasteiger partial charge in [-0.3, -0.25) is 9.59 Å². The highest BCUT2D eigenvalue weighted by Crippen LogP contribution is 2.36. The van der Waals surface area contributed by atoms with Crippen LogP contribution in [0.2, 0.25) is 0 Å². The number of thiophene rings is 1. The fraction of sp³-hybridized carbons (Fsp3) is 0.364. The Bertz CT molecular complexity index is 1030. The van der Waals surface area contributed by atoms with Crippen molar-refractivity contribution in [3.63, 3.8) is 0 Å². The smallest absolute Gasteiger partial charge is 0.267 e. The molecule has 0 bridgehead atoms. The van der Waals surface area contributed by atoms with Gasteiger partial charge < -0.3 is 10.2 Å². The van der Waals surface area contributed by atoms with Gasteiger partial charge in [0.2, 0.25) is 5.91 Å². The van der Waals surface area contributed by atoms with E-state index in [1.165, 1.54) is 10.4 Å². The number of carbonyl (C=O) groups is 2. The fourth-order valence-corrected chi connectivity index (χ4v) is 5.54. The molecular formula is C22H24N4O2S2. The molecular weight excluding hydrogens is 416 g/mol. The lowest BCUT2D eigenvalue weighted by atomic mass is 9.79. The number of hydrogen-bond acceptors (Lipinski definition) is 6. The largest absolute Gasteiger partial charge is 0.359 e. The van der Waals surface area contributed by atoms with Crippen LogP contribution in [-0.2, 0) is 17.6 Å². The first-order valence-electron chi connectivity index (χ1n) is 10.0. The maximum absolute atomic E-state index is 13.0. The number of likely N-dealkylation sites (tertiary alicyclic amines) is 1. The average Bonchev–Trinajstić information content (AvgIpc) is 3.54. The van der Waals surface area contributed by atoms with Gasteiger partial charge in [-0.25, -0.2) is 0 Å². The Balaban J connectivity index is 1.54. The van der Waals surface area contributed by atoms with Crippen molar-refractivity contribution in [2.24, 2.45) is 5.41 Å². The quantitative estimate of drug-likeness (QED) is 0.635. The Labute approximate surface area is 184 Å². The van der Waals surface area contributed by atoms with Gasteiger partial charge >= 0.3 is 0 Å². The molecule has 3 aromatic rings. The third-order valence-corrected chi connectivity index (χ3v) is 7.41. The number of carbonyl (C=O) groups excluding carboxylic acids is 2.